The second-order valence-electron chi connectivity index (χ2n) is 10.4. The molecule has 1 fully saturated rings. The number of carbonyl (C=O) groups excluding carboxylic acids is 2. The number of benzene rings is 2. The first-order valence-electron chi connectivity index (χ1n) is 12.2. The number of methoxy groups -OCH3 is 1. The highest BCUT2D eigenvalue weighted by Gasteiger charge is 2.45. The van der Waals surface area contributed by atoms with E-state index in [4.69, 9.17) is 9.47 Å². The van der Waals surface area contributed by atoms with Crippen LogP contribution in [0.3, 0.4) is 0 Å². The minimum Gasteiger partial charge on any atom is -0.507 e. The van der Waals surface area contributed by atoms with Gasteiger partial charge in [-0.1, -0.05) is 71.0 Å². The summed E-state index contributed by atoms with van der Waals surface area (Å²) in [5.74, 6) is -0.542. The SMILES string of the molecule is COCCCN1C(=O)C(=O)/C(=C(\O)c2cccc(OCC(C)C)c2)C1c1ccc(C(C)(C)C)cc1. The summed E-state index contributed by atoms with van der Waals surface area (Å²) in [6.07, 6.45) is 0.582. The average Bonchev–Trinajstić information content (AvgIpc) is 3.07. The maximum atomic E-state index is 13.2. The number of carbonyl (C=O) groups is 2. The second-order valence-corrected chi connectivity index (χ2v) is 10.4. The first kappa shape index (κ1) is 26.5. The van der Waals surface area contributed by atoms with Crippen molar-refractivity contribution in [2.45, 2.75) is 52.5 Å². The molecule has 1 saturated heterocycles. The molecule has 0 bridgehead atoms. The number of aliphatic hydroxyl groups is 1. The second kappa shape index (κ2) is 11.1. The molecule has 1 aliphatic heterocycles. The van der Waals surface area contributed by atoms with Crippen LogP contribution in [0.2, 0.25) is 0 Å². The Morgan fingerprint density at radius 2 is 1.77 bits per heavy atom. The molecule has 0 aromatic heterocycles. The van der Waals surface area contributed by atoms with E-state index in [-0.39, 0.29) is 16.7 Å². The van der Waals surface area contributed by atoms with Crippen molar-refractivity contribution in [3.8, 4) is 5.75 Å². The van der Waals surface area contributed by atoms with Gasteiger partial charge < -0.3 is 19.5 Å². The Morgan fingerprint density at radius 3 is 2.37 bits per heavy atom. The summed E-state index contributed by atoms with van der Waals surface area (Å²) >= 11 is 0. The zero-order valence-electron chi connectivity index (χ0n) is 21.6. The molecule has 0 radical (unpaired) electrons. The van der Waals surface area contributed by atoms with E-state index in [2.05, 4.69) is 34.6 Å². The van der Waals surface area contributed by atoms with Crippen molar-refractivity contribution in [2.24, 2.45) is 5.92 Å². The van der Waals surface area contributed by atoms with E-state index >= 15 is 0 Å². The van der Waals surface area contributed by atoms with Gasteiger partial charge in [-0.15, -0.1) is 0 Å². The van der Waals surface area contributed by atoms with Crippen LogP contribution < -0.4 is 4.74 Å². The van der Waals surface area contributed by atoms with Crippen molar-refractivity contribution in [3.63, 3.8) is 0 Å². The molecule has 1 unspecified atom stereocenters. The zero-order chi connectivity index (χ0) is 25.8. The molecule has 0 aliphatic carbocycles. The van der Waals surface area contributed by atoms with E-state index in [9.17, 15) is 14.7 Å². The number of Topliss-reactive ketones (excluding diaryl/α,β-unsaturated/α-hetero) is 1. The number of nitrogens with zero attached hydrogens (tertiary/aromatic N) is 1. The standard InChI is InChI=1S/C29H37NO5/c1-19(2)18-35-23-10-7-9-21(17-23)26(31)24-25(20-11-13-22(14-12-20)29(3,4)5)30(15-8-16-34-6)28(33)27(24)32/h7,9-14,17,19,25,31H,8,15-16,18H2,1-6H3/b26-24-. The van der Waals surface area contributed by atoms with Crippen LogP contribution in [0.25, 0.3) is 5.76 Å². The van der Waals surface area contributed by atoms with Gasteiger partial charge in [0.15, 0.2) is 0 Å². The Morgan fingerprint density at radius 1 is 1.09 bits per heavy atom. The van der Waals surface area contributed by atoms with Crippen LogP contribution in [0, 0.1) is 5.92 Å². The normalized spacial score (nSPS) is 17.9. The van der Waals surface area contributed by atoms with Gasteiger partial charge in [-0.3, -0.25) is 9.59 Å². The third kappa shape index (κ3) is 6.12. The molecule has 6 heteroatoms. The summed E-state index contributed by atoms with van der Waals surface area (Å²) in [6, 6.07) is 14.2. The van der Waals surface area contributed by atoms with Gasteiger partial charge in [-0.05, 0) is 41.0 Å². The maximum absolute atomic E-state index is 13.2. The lowest BCUT2D eigenvalue weighted by atomic mass is 9.85. The number of ether oxygens (including phenoxy) is 2. The highest BCUT2D eigenvalue weighted by atomic mass is 16.5. The number of ketones is 1. The Labute approximate surface area is 208 Å². The number of hydrogen-bond acceptors (Lipinski definition) is 5. The van der Waals surface area contributed by atoms with Crippen molar-refractivity contribution in [3.05, 3.63) is 70.8 Å². The largest absolute Gasteiger partial charge is 0.507 e. The molecule has 1 atom stereocenters. The Hall–Kier alpha value is -3.12. The van der Waals surface area contributed by atoms with Crippen LogP contribution in [0.5, 0.6) is 5.75 Å². The Balaban J connectivity index is 2.07. The molecular formula is C29H37NO5. The smallest absolute Gasteiger partial charge is 0.295 e. The lowest BCUT2D eigenvalue weighted by Crippen LogP contribution is -2.31. The van der Waals surface area contributed by atoms with Gasteiger partial charge in [-0.25, -0.2) is 0 Å². The Bertz CT molecular complexity index is 1080. The number of likely N-dealkylation sites (tertiary alicyclic amines) is 1. The van der Waals surface area contributed by atoms with Gasteiger partial charge >= 0.3 is 0 Å². The van der Waals surface area contributed by atoms with Gasteiger partial charge in [-0.2, -0.15) is 0 Å². The summed E-state index contributed by atoms with van der Waals surface area (Å²) in [5.41, 5.74) is 2.43. The van der Waals surface area contributed by atoms with Crippen LogP contribution in [0.1, 0.15) is 63.8 Å². The van der Waals surface area contributed by atoms with Crippen LogP contribution in [-0.2, 0) is 19.7 Å². The Kier molecular flexibility index (Phi) is 8.39. The van der Waals surface area contributed by atoms with E-state index < -0.39 is 17.7 Å². The fourth-order valence-corrected chi connectivity index (χ4v) is 4.15. The number of hydrogen-bond donors (Lipinski definition) is 1. The third-order valence-corrected chi connectivity index (χ3v) is 6.07. The summed E-state index contributed by atoms with van der Waals surface area (Å²) < 4.78 is 11.0. The highest BCUT2D eigenvalue weighted by Crippen LogP contribution is 2.40. The highest BCUT2D eigenvalue weighted by molar-refractivity contribution is 6.46. The van der Waals surface area contributed by atoms with Crippen molar-refractivity contribution < 1.29 is 24.2 Å². The third-order valence-electron chi connectivity index (χ3n) is 6.07. The molecule has 188 valence electrons. The fraction of sp³-hybridized carbons (Fsp3) is 0.448. The van der Waals surface area contributed by atoms with E-state index in [1.807, 2.05) is 30.3 Å². The minimum atomic E-state index is -0.682. The number of aliphatic hydroxyl groups excluding tert-OH is 1. The van der Waals surface area contributed by atoms with E-state index in [0.29, 0.717) is 43.4 Å². The molecule has 1 N–H and O–H groups in total. The maximum Gasteiger partial charge on any atom is 0.295 e. The topological polar surface area (TPSA) is 76.1 Å². The van der Waals surface area contributed by atoms with Crippen LogP contribution in [-0.4, -0.2) is 48.6 Å². The van der Waals surface area contributed by atoms with E-state index in [1.54, 1.807) is 25.3 Å². The minimum absolute atomic E-state index is 0.0325. The summed E-state index contributed by atoms with van der Waals surface area (Å²) in [6.45, 7) is 11.9. The van der Waals surface area contributed by atoms with Crippen molar-refractivity contribution in [1.29, 1.82) is 0 Å². The van der Waals surface area contributed by atoms with Crippen LogP contribution in [0.15, 0.2) is 54.1 Å². The van der Waals surface area contributed by atoms with Crippen LogP contribution >= 0.6 is 0 Å². The predicted molar refractivity (Wildman–Crippen MR) is 137 cm³/mol. The number of amides is 1. The first-order valence-corrected chi connectivity index (χ1v) is 12.2. The predicted octanol–water partition coefficient (Wildman–Crippen LogP) is 5.48. The van der Waals surface area contributed by atoms with Gasteiger partial charge in [0.25, 0.3) is 11.7 Å². The first-order chi connectivity index (χ1) is 16.5. The average molecular weight is 480 g/mol. The molecule has 3 rings (SSSR count). The fourth-order valence-electron chi connectivity index (χ4n) is 4.15. The summed E-state index contributed by atoms with van der Waals surface area (Å²) in [5, 5.41) is 11.3. The number of rotatable bonds is 9. The quantitative estimate of drug-likeness (QED) is 0.223. The molecule has 0 spiro atoms. The zero-order valence-corrected chi connectivity index (χ0v) is 21.6. The summed E-state index contributed by atoms with van der Waals surface area (Å²) in [4.78, 5) is 27.8. The monoisotopic (exact) mass is 479 g/mol. The lowest BCUT2D eigenvalue weighted by molar-refractivity contribution is -0.140. The molecule has 0 saturated carbocycles. The molecular weight excluding hydrogens is 442 g/mol. The molecule has 1 amide bonds. The molecule has 6 nitrogen and oxygen atoms in total. The molecule has 35 heavy (non-hydrogen) atoms. The van der Waals surface area contributed by atoms with Crippen molar-refractivity contribution >= 4 is 17.4 Å². The lowest BCUT2D eigenvalue weighted by Gasteiger charge is -2.26. The van der Waals surface area contributed by atoms with Crippen molar-refractivity contribution in [2.75, 3.05) is 26.9 Å². The molecule has 2 aromatic rings. The van der Waals surface area contributed by atoms with Gasteiger partial charge in [0.05, 0.1) is 18.2 Å². The van der Waals surface area contributed by atoms with E-state index in [1.165, 1.54) is 4.90 Å². The van der Waals surface area contributed by atoms with Crippen molar-refractivity contribution in [1.82, 2.24) is 4.90 Å². The van der Waals surface area contributed by atoms with Gasteiger partial charge in [0.2, 0.25) is 0 Å². The molecule has 1 aliphatic rings. The van der Waals surface area contributed by atoms with E-state index in [0.717, 1.165) is 11.1 Å². The molecule has 2 aromatic carbocycles. The van der Waals surface area contributed by atoms with Crippen LogP contribution in [0.4, 0.5) is 0 Å². The van der Waals surface area contributed by atoms with Gasteiger partial charge in [0.1, 0.15) is 11.5 Å². The van der Waals surface area contributed by atoms with Gasteiger partial charge in [0, 0.05) is 25.8 Å². The summed E-state index contributed by atoms with van der Waals surface area (Å²) in [7, 11) is 1.60. The molecule has 1 heterocycles.